The van der Waals surface area contributed by atoms with Crippen molar-refractivity contribution in [3.8, 4) is 11.9 Å². The van der Waals surface area contributed by atoms with Crippen molar-refractivity contribution in [3.63, 3.8) is 0 Å². The van der Waals surface area contributed by atoms with Crippen LogP contribution in [0.4, 0.5) is 0 Å². The molecule has 182 valence electrons. The Hall–Kier alpha value is -3.53. The number of carbonyl (C=O) groups excluding carboxylic acids is 1. The van der Waals surface area contributed by atoms with E-state index >= 15 is 0 Å². The van der Waals surface area contributed by atoms with Gasteiger partial charge < -0.3 is 14.6 Å². The SMILES string of the molecule is Cn1c(=O)c(C(=O)NCc2ccc(Cl)cc2)cc2cnnc(OCC3(S(=O)(=O)NCC#N)CC3)c21. The first-order valence-electron chi connectivity index (χ1n) is 10.5. The molecule has 3 aromatic rings. The normalized spacial score (nSPS) is 14.3. The van der Waals surface area contributed by atoms with Crippen LogP contribution in [0.15, 0.2) is 41.3 Å². The van der Waals surface area contributed by atoms with E-state index in [1.54, 1.807) is 30.3 Å². The molecule has 1 fully saturated rings. The van der Waals surface area contributed by atoms with Crippen LogP contribution in [-0.4, -0.2) is 47.0 Å². The van der Waals surface area contributed by atoms with Gasteiger partial charge >= 0.3 is 0 Å². The number of nitrogens with one attached hydrogen (secondary N) is 2. The summed E-state index contributed by atoms with van der Waals surface area (Å²) < 4.78 is 33.0. The zero-order valence-corrected chi connectivity index (χ0v) is 20.2. The molecule has 13 heteroatoms. The van der Waals surface area contributed by atoms with Crippen LogP contribution >= 0.6 is 11.6 Å². The minimum atomic E-state index is -3.78. The number of halogens is 1. The number of hydrogen-bond acceptors (Lipinski definition) is 8. The van der Waals surface area contributed by atoms with Gasteiger partial charge in [0.1, 0.15) is 22.4 Å². The Kier molecular flexibility index (Phi) is 6.75. The standard InChI is InChI=1S/C22H21ClN6O5S/c1-29-18-15(10-17(21(29)31)19(30)25-11-14-2-4-16(23)5-3-14)12-26-28-20(18)34-13-22(6-7-22)35(32,33)27-9-8-24/h2-5,10,12,27H,6-7,9,11,13H2,1H3,(H,25,30). The molecule has 0 bridgehead atoms. The molecule has 2 aromatic heterocycles. The minimum absolute atomic E-state index is 0.0306. The molecule has 2 heterocycles. The Morgan fingerprint density at radius 3 is 2.69 bits per heavy atom. The number of fused-ring (bicyclic) bond motifs is 1. The summed E-state index contributed by atoms with van der Waals surface area (Å²) in [7, 11) is -2.31. The zero-order valence-electron chi connectivity index (χ0n) is 18.6. The molecule has 1 amide bonds. The number of aryl methyl sites for hydroxylation is 1. The molecule has 0 aliphatic heterocycles. The number of ether oxygens (including phenoxy) is 1. The molecule has 0 saturated heterocycles. The fourth-order valence-corrected chi connectivity index (χ4v) is 5.11. The lowest BCUT2D eigenvalue weighted by molar-refractivity contribution is 0.0949. The Labute approximate surface area is 205 Å². The van der Waals surface area contributed by atoms with Crippen molar-refractivity contribution in [3.05, 3.63) is 63.0 Å². The highest BCUT2D eigenvalue weighted by atomic mass is 35.5. The lowest BCUT2D eigenvalue weighted by Crippen LogP contribution is -2.40. The Bertz CT molecular complexity index is 1490. The van der Waals surface area contributed by atoms with Crippen LogP contribution in [0.5, 0.6) is 5.88 Å². The number of rotatable bonds is 9. The van der Waals surface area contributed by atoms with Crippen LogP contribution in [0.3, 0.4) is 0 Å². The fourth-order valence-electron chi connectivity index (χ4n) is 3.57. The first-order chi connectivity index (χ1) is 16.7. The summed E-state index contributed by atoms with van der Waals surface area (Å²) >= 11 is 5.87. The lowest BCUT2D eigenvalue weighted by Gasteiger charge is -2.17. The van der Waals surface area contributed by atoms with Crippen LogP contribution in [0.1, 0.15) is 28.8 Å². The van der Waals surface area contributed by atoms with Crippen molar-refractivity contribution in [1.29, 1.82) is 5.26 Å². The number of carbonyl (C=O) groups is 1. The third kappa shape index (κ3) is 4.97. The van der Waals surface area contributed by atoms with Gasteiger partial charge in [-0.25, -0.2) is 13.1 Å². The monoisotopic (exact) mass is 516 g/mol. The largest absolute Gasteiger partial charge is 0.473 e. The Morgan fingerprint density at radius 1 is 1.31 bits per heavy atom. The lowest BCUT2D eigenvalue weighted by atomic mass is 10.1. The number of nitriles is 1. The highest BCUT2D eigenvalue weighted by Gasteiger charge is 2.55. The van der Waals surface area contributed by atoms with Gasteiger partial charge in [0.15, 0.2) is 0 Å². The highest BCUT2D eigenvalue weighted by molar-refractivity contribution is 7.91. The van der Waals surface area contributed by atoms with Gasteiger partial charge in [0.25, 0.3) is 17.3 Å². The maximum absolute atomic E-state index is 13.0. The second-order valence-electron chi connectivity index (χ2n) is 8.14. The highest BCUT2D eigenvalue weighted by Crippen LogP contribution is 2.43. The number of amides is 1. The van der Waals surface area contributed by atoms with E-state index in [0.29, 0.717) is 23.3 Å². The Balaban J connectivity index is 1.56. The van der Waals surface area contributed by atoms with Crippen molar-refractivity contribution in [2.45, 2.75) is 24.1 Å². The van der Waals surface area contributed by atoms with Crippen molar-refractivity contribution in [2.75, 3.05) is 13.2 Å². The number of aromatic nitrogens is 3. The third-order valence-electron chi connectivity index (χ3n) is 5.79. The average Bonchev–Trinajstić information content (AvgIpc) is 3.65. The molecule has 0 atom stereocenters. The van der Waals surface area contributed by atoms with Crippen LogP contribution in [-0.2, 0) is 23.6 Å². The van der Waals surface area contributed by atoms with Gasteiger partial charge in [-0.15, -0.1) is 5.10 Å². The molecule has 4 rings (SSSR count). The van der Waals surface area contributed by atoms with E-state index in [0.717, 1.165) is 5.56 Å². The van der Waals surface area contributed by atoms with Crippen molar-refractivity contribution in [1.82, 2.24) is 24.8 Å². The van der Waals surface area contributed by atoms with Gasteiger partial charge in [-0.05, 0) is 36.6 Å². The molecular formula is C22H21ClN6O5S. The molecule has 1 saturated carbocycles. The van der Waals surface area contributed by atoms with E-state index in [-0.39, 0.29) is 36.7 Å². The van der Waals surface area contributed by atoms with Crippen LogP contribution in [0.25, 0.3) is 10.9 Å². The van der Waals surface area contributed by atoms with Gasteiger partial charge in [0.2, 0.25) is 10.0 Å². The molecule has 2 N–H and O–H groups in total. The second kappa shape index (κ2) is 9.61. The van der Waals surface area contributed by atoms with Crippen LogP contribution in [0, 0.1) is 11.3 Å². The smallest absolute Gasteiger partial charge is 0.263 e. The van der Waals surface area contributed by atoms with Crippen LogP contribution in [0.2, 0.25) is 5.02 Å². The third-order valence-corrected chi connectivity index (χ3v) is 8.24. The molecule has 1 aliphatic rings. The number of pyridine rings is 1. The number of nitrogens with zero attached hydrogens (tertiary/aromatic N) is 4. The number of benzene rings is 1. The summed E-state index contributed by atoms with van der Waals surface area (Å²) in [6.07, 6.45) is 2.11. The van der Waals surface area contributed by atoms with Crippen molar-refractivity contribution in [2.24, 2.45) is 7.05 Å². The molecule has 1 aromatic carbocycles. The fraction of sp³-hybridized carbons (Fsp3) is 0.318. The van der Waals surface area contributed by atoms with Gasteiger partial charge in [0, 0.05) is 24.0 Å². The van der Waals surface area contributed by atoms with E-state index in [1.807, 2.05) is 0 Å². The summed E-state index contributed by atoms with van der Waals surface area (Å²) in [5.74, 6) is -0.592. The summed E-state index contributed by atoms with van der Waals surface area (Å²) in [5.41, 5.74) is 0.427. The van der Waals surface area contributed by atoms with Crippen LogP contribution < -0.4 is 20.3 Å². The van der Waals surface area contributed by atoms with E-state index < -0.39 is 26.2 Å². The second-order valence-corrected chi connectivity index (χ2v) is 10.7. The molecule has 0 radical (unpaired) electrons. The van der Waals surface area contributed by atoms with E-state index in [1.165, 1.54) is 23.9 Å². The summed E-state index contributed by atoms with van der Waals surface area (Å²) in [5, 5.41) is 20.2. The predicted molar refractivity (Wildman–Crippen MR) is 127 cm³/mol. The molecule has 0 spiro atoms. The predicted octanol–water partition coefficient (Wildman–Crippen LogP) is 1.27. The average molecular weight is 517 g/mol. The zero-order chi connectivity index (χ0) is 25.2. The van der Waals surface area contributed by atoms with Crippen molar-refractivity contribution < 1.29 is 17.9 Å². The number of hydrogen-bond donors (Lipinski definition) is 2. The van der Waals surface area contributed by atoms with E-state index in [9.17, 15) is 18.0 Å². The minimum Gasteiger partial charge on any atom is -0.473 e. The van der Waals surface area contributed by atoms with E-state index in [2.05, 4.69) is 20.2 Å². The first-order valence-corrected chi connectivity index (χ1v) is 12.4. The maximum Gasteiger partial charge on any atom is 0.263 e. The quantitative estimate of drug-likeness (QED) is 0.402. The van der Waals surface area contributed by atoms with Gasteiger partial charge in [-0.2, -0.15) is 10.4 Å². The number of sulfonamides is 1. The Morgan fingerprint density at radius 2 is 2.03 bits per heavy atom. The molecule has 0 unspecified atom stereocenters. The topological polar surface area (TPSA) is 156 Å². The summed E-state index contributed by atoms with van der Waals surface area (Å²) in [6, 6.07) is 10.1. The first kappa shape index (κ1) is 24.6. The molecular weight excluding hydrogens is 496 g/mol. The summed E-state index contributed by atoms with van der Waals surface area (Å²) in [4.78, 5) is 25.7. The van der Waals surface area contributed by atoms with Gasteiger partial charge in [-0.3, -0.25) is 9.59 Å². The van der Waals surface area contributed by atoms with E-state index in [4.69, 9.17) is 21.6 Å². The summed E-state index contributed by atoms with van der Waals surface area (Å²) in [6.45, 7) is -0.356. The molecule has 35 heavy (non-hydrogen) atoms. The van der Waals surface area contributed by atoms with Gasteiger partial charge in [-0.1, -0.05) is 23.7 Å². The van der Waals surface area contributed by atoms with Crippen molar-refractivity contribution >= 4 is 38.4 Å². The maximum atomic E-state index is 13.0. The van der Waals surface area contributed by atoms with Gasteiger partial charge in [0.05, 0.1) is 18.8 Å². The molecule has 11 nitrogen and oxygen atoms in total. The molecule has 1 aliphatic carbocycles.